The number of fused-ring (bicyclic) bond motifs is 2. The van der Waals surface area contributed by atoms with Crippen molar-refractivity contribution in [3.63, 3.8) is 0 Å². The number of para-hydroxylation sites is 1. The average molecular weight is 669 g/mol. The SMILES string of the molecule is N=C1C(=N)C2=C(C=C1c1ccccc1)C(c1ccc(-c3ccc(-c4nc(-c5ccccc5)nc(-c5ccccc5)n4)cc3)cc1)Nc1ccccc12. The molecule has 9 rings (SSSR count). The molecule has 0 saturated carbocycles. The Morgan fingerprint density at radius 3 is 1.42 bits per heavy atom. The molecular formula is C46H32N6. The van der Waals surface area contributed by atoms with Crippen LogP contribution in [0.15, 0.2) is 175 Å². The van der Waals surface area contributed by atoms with Crippen molar-refractivity contribution in [3.05, 3.63) is 192 Å². The lowest BCUT2D eigenvalue weighted by Gasteiger charge is -2.35. The van der Waals surface area contributed by atoms with Crippen molar-refractivity contribution < 1.29 is 0 Å². The quantitative estimate of drug-likeness (QED) is 0.154. The summed E-state index contributed by atoms with van der Waals surface area (Å²) in [4.78, 5) is 14.6. The van der Waals surface area contributed by atoms with E-state index in [2.05, 4.69) is 59.9 Å². The second-order valence-electron chi connectivity index (χ2n) is 12.9. The van der Waals surface area contributed by atoms with Gasteiger partial charge in [0.1, 0.15) is 0 Å². The Morgan fingerprint density at radius 1 is 0.423 bits per heavy atom. The molecule has 2 aliphatic rings. The van der Waals surface area contributed by atoms with Crippen molar-refractivity contribution in [2.24, 2.45) is 0 Å². The molecule has 6 nitrogen and oxygen atoms in total. The van der Waals surface area contributed by atoms with Crippen LogP contribution in [0.1, 0.15) is 22.7 Å². The van der Waals surface area contributed by atoms with Crippen LogP contribution in [-0.2, 0) is 0 Å². The molecule has 1 atom stereocenters. The first kappa shape index (κ1) is 31.0. The van der Waals surface area contributed by atoms with Gasteiger partial charge in [-0.3, -0.25) is 10.8 Å². The summed E-state index contributed by atoms with van der Waals surface area (Å²) < 4.78 is 0. The Hall–Kier alpha value is -7.05. The molecule has 0 bridgehead atoms. The van der Waals surface area contributed by atoms with Gasteiger partial charge < -0.3 is 5.32 Å². The molecule has 0 saturated heterocycles. The number of anilines is 1. The molecule has 1 aromatic heterocycles. The van der Waals surface area contributed by atoms with Crippen LogP contribution < -0.4 is 5.32 Å². The minimum atomic E-state index is -0.185. The summed E-state index contributed by atoms with van der Waals surface area (Å²) in [5.41, 5.74) is 11.9. The van der Waals surface area contributed by atoms with Gasteiger partial charge in [-0.15, -0.1) is 0 Å². The van der Waals surface area contributed by atoms with E-state index in [1.807, 2.05) is 115 Å². The number of benzene rings is 6. The van der Waals surface area contributed by atoms with E-state index in [9.17, 15) is 0 Å². The molecule has 0 radical (unpaired) electrons. The molecule has 0 fully saturated rings. The monoisotopic (exact) mass is 668 g/mol. The van der Waals surface area contributed by atoms with Crippen molar-refractivity contribution in [3.8, 4) is 45.3 Å². The first-order valence-electron chi connectivity index (χ1n) is 17.2. The Kier molecular flexibility index (Phi) is 7.75. The second kappa shape index (κ2) is 13.0. The van der Waals surface area contributed by atoms with Crippen LogP contribution in [0, 0.1) is 10.8 Å². The fraction of sp³-hybridized carbons (Fsp3) is 0.0217. The van der Waals surface area contributed by atoms with Crippen LogP contribution in [0.5, 0.6) is 0 Å². The van der Waals surface area contributed by atoms with Crippen molar-refractivity contribution in [2.45, 2.75) is 6.04 Å². The topological polar surface area (TPSA) is 98.4 Å². The highest BCUT2D eigenvalue weighted by Crippen LogP contribution is 2.45. The van der Waals surface area contributed by atoms with Crippen LogP contribution in [0.2, 0.25) is 0 Å². The van der Waals surface area contributed by atoms with E-state index in [0.717, 1.165) is 66.9 Å². The highest BCUT2D eigenvalue weighted by molar-refractivity contribution is 6.68. The van der Waals surface area contributed by atoms with Gasteiger partial charge in [-0.2, -0.15) is 0 Å². The molecule has 6 heteroatoms. The summed E-state index contributed by atoms with van der Waals surface area (Å²) >= 11 is 0. The molecule has 2 heterocycles. The average Bonchev–Trinajstić information content (AvgIpc) is 3.22. The number of rotatable bonds is 6. The van der Waals surface area contributed by atoms with Gasteiger partial charge in [0.25, 0.3) is 0 Å². The Labute approximate surface area is 302 Å². The van der Waals surface area contributed by atoms with E-state index in [4.69, 9.17) is 25.8 Å². The molecule has 0 amide bonds. The van der Waals surface area contributed by atoms with Crippen LogP contribution in [0.3, 0.4) is 0 Å². The first-order chi connectivity index (χ1) is 25.6. The van der Waals surface area contributed by atoms with Gasteiger partial charge in [0.15, 0.2) is 17.5 Å². The lowest BCUT2D eigenvalue weighted by molar-refractivity contribution is 0.931. The predicted molar refractivity (Wildman–Crippen MR) is 211 cm³/mol. The number of hydrogen-bond donors (Lipinski definition) is 3. The molecule has 1 aliphatic heterocycles. The third-order valence-corrected chi connectivity index (χ3v) is 9.67. The zero-order chi connectivity index (χ0) is 35.0. The maximum absolute atomic E-state index is 9.16. The predicted octanol–water partition coefficient (Wildman–Crippen LogP) is 10.6. The van der Waals surface area contributed by atoms with Crippen molar-refractivity contribution >= 4 is 28.3 Å². The molecule has 7 aromatic rings. The number of nitrogens with one attached hydrogen (secondary N) is 3. The minimum absolute atomic E-state index is 0.185. The maximum Gasteiger partial charge on any atom is 0.164 e. The van der Waals surface area contributed by atoms with Gasteiger partial charge in [-0.1, -0.05) is 158 Å². The van der Waals surface area contributed by atoms with E-state index >= 15 is 0 Å². The third kappa shape index (κ3) is 5.62. The normalized spacial score (nSPS) is 15.0. The maximum atomic E-state index is 9.16. The summed E-state index contributed by atoms with van der Waals surface area (Å²) in [5, 5.41) is 21.9. The highest BCUT2D eigenvalue weighted by Gasteiger charge is 2.34. The van der Waals surface area contributed by atoms with Gasteiger partial charge in [0.05, 0.1) is 17.5 Å². The van der Waals surface area contributed by atoms with Gasteiger partial charge in [-0.05, 0) is 40.0 Å². The van der Waals surface area contributed by atoms with Crippen molar-refractivity contribution in [1.82, 2.24) is 15.0 Å². The van der Waals surface area contributed by atoms with Crippen LogP contribution in [0.4, 0.5) is 5.69 Å². The van der Waals surface area contributed by atoms with E-state index in [1.54, 1.807) is 0 Å². The summed E-state index contributed by atoms with van der Waals surface area (Å²) in [7, 11) is 0. The Balaban J connectivity index is 1.05. The van der Waals surface area contributed by atoms with Gasteiger partial charge in [0.2, 0.25) is 0 Å². The van der Waals surface area contributed by atoms with E-state index in [0.29, 0.717) is 17.5 Å². The molecule has 52 heavy (non-hydrogen) atoms. The summed E-state index contributed by atoms with van der Waals surface area (Å²) in [6.07, 6.45) is 2.10. The lowest BCUT2D eigenvalue weighted by atomic mass is 9.76. The van der Waals surface area contributed by atoms with Gasteiger partial charge in [-0.25, -0.2) is 15.0 Å². The number of nitrogens with zero attached hydrogens (tertiary/aromatic N) is 3. The molecule has 6 aromatic carbocycles. The highest BCUT2D eigenvalue weighted by atomic mass is 15.0. The van der Waals surface area contributed by atoms with Crippen molar-refractivity contribution in [2.75, 3.05) is 5.32 Å². The zero-order valence-electron chi connectivity index (χ0n) is 28.1. The minimum Gasteiger partial charge on any atom is -0.374 e. The first-order valence-corrected chi connectivity index (χ1v) is 17.2. The number of aromatic nitrogens is 3. The molecule has 1 aliphatic carbocycles. The molecule has 0 spiro atoms. The Morgan fingerprint density at radius 2 is 0.865 bits per heavy atom. The largest absolute Gasteiger partial charge is 0.374 e. The second-order valence-corrected chi connectivity index (χ2v) is 12.9. The van der Waals surface area contributed by atoms with Gasteiger partial charge >= 0.3 is 0 Å². The summed E-state index contributed by atoms with van der Waals surface area (Å²) in [6.45, 7) is 0. The fourth-order valence-corrected chi connectivity index (χ4v) is 7.01. The van der Waals surface area contributed by atoms with Crippen LogP contribution in [-0.4, -0.2) is 26.4 Å². The third-order valence-electron chi connectivity index (χ3n) is 9.67. The Bertz CT molecular complexity index is 2480. The summed E-state index contributed by atoms with van der Waals surface area (Å²) in [5.74, 6) is 1.89. The molecular weight excluding hydrogens is 637 g/mol. The van der Waals surface area contributed by atoms with Crippen LogP contribution >= 0.6 is 0 Å². The van der Waals surface area contributed by atoms with E-state index in [-0.39, 0.29) is 17.5 Å². The van der Waals surface area contributed by atoms with Crippen LogP contribution in [0.25, 0.3) is 56.4 Å². The number of allylic oxidation sites excluding steroid dienone is 2. The fourth-order valence-electron chi connectivity index (χ4n) is 7.01. The van der Waals surface area contributed by atoms with Crippen molar-refractivity contribution in [1.29, 1.82) is 10.8 Å². The van der Waals surface area contributed by atoms with Gasteiger partial charge in [0, 0.05) is 39.1 Å². The lowest BCUT2D eigenvalue weighted by Crippen LogP contribution is -2.28. The van der Waals surface area contributed by atoms with E-state index in [1.165, 1.54) is 0 Å². The standard InChI is InChI=1S/C46H32N6/c47-41-37(31-12-4-1-5-13-31)28-38-40(42(41)48)36-18-10-11-19-39(36)49-43(38)32-24-20-29(21-25-32)30-22-26-35(27-23-30)46-51-44(33-14-6-2-7-15-33)50-45(52-46)34-16-8-3-9-17-34/h1-28,43,47-49H. The number of hydrogen-bond acceptors (Lipinski definition) is 6. The molecule has 246 valence electrons. The smallest absolute Gasteiger partial charge is 0.164 e. The molecule has 1 unspecified atom stereocenters. The molecule has 3 N–H and O–H groups in total. The summed E-state index contributed by atoms with van der Waals surface area (Å²) in [6, 6.07) is 54.8. The van der Waals surface area contributed by atoms with E-state index < -0.39 is 0 Å². The zero-order valence-corrected chi connectivity index (χ0v) is 28.1.